The second kappa shape index (κ2) is 2.13. The third-order valence-corrected chi connectivity index (χ3v) is 3.06. The second-order valence-electron chi connectivity index (χ2n) is 1.89. The maximum Gasteiger partial charge on any atom is 0.147 e. The molecular weight excluding hydrogens is 110 g/mol. The minimum Gasteiger partial charge on any atom is -0.108 e. The summed E-state index contributed by atoms with van der Waals surface area (Å²) in [7, 11) is 2.17. The molecule has 0 aliphatic heterocycles. The maximum absolute atomic E-state index is 5.10. The number of hydrogen-bond donors (Lipinski definition) is 0. The zero-order valence-electron chi connectivity index (χ0n) is 4.56. The van der Waals surface area contributed by atoms with Gasteiger partial charge in [-0.05, 0) is 12.8 Å². The largest absolute Gasteiger partial charge is 0.147 e. The van der Waals surface area contributed by atoms with Gasteiger partial charge in [0.2, 0.25) is 0 Å². The first-order chi connectivity index (χ1) is 2.56. The molecule has 0 rings (SSSR count). The third-order valence-electron chi connectivity index (χ3n) is 0.762. The molecule has 1 unspecified atom stereocenters. The highest BCUT2D eigenvalue weighted by atomic mass is 32.4. The Bertz CT molecular complexity index is 74.9. The van der Waals surface area contributed by atoms with Crippen LogP contribution in [0.3, 0.4) is 0 Å². The number of hydrogen-bond acceptors (Lipinski definition) is 1. The van der Waals surface area contributed by atoms with Gasteiger partial charge < -0.3 is 0 Å². The van der Waals surface area contributed by atoms with E-state index in [0.29, 0.717) is 0 Å². The van der Waals surface area contributed by atoms with Crippen molar-refractivity contribution in [1.82, 2.24) is 0 Å². The number of rotatable bonds is 1. The Morgan fingerprint density at radius 3 is 2.00 bits per heavy atom. The van der Waals surface area contributed by atoms with Crippen molar-refractivity contribution in [3.05, 3.63) is 0 Å². The van der Waals surface area contributed by atoms with Gasteiger partial charge in [0.1, 0.15) is 7.57 Å². The van der Waals surface area contributed by atoms with Gasteiger partial charge in [0.25, 0.3) is 0 Å². The van der Waals surface area contributed by atoms with E-state index in [2.05, 4.69) is 21.2 Å². The molecule has 0 bridgehead atoms. The summed E-state index contributed by atoms with van der Waals surface area (Å²) in [5, 5.41) is 0. The molecule has 0 radical (unpaired) electrons. The van der Waals surface area contributed by atoms with Crippen LogP contribution in [0.5, 0.6) is 0 Å². The summed E-state index contributed by atoms with van der Waals surface area (Å²) in [5.74, 6) is -0.813. The summed E-state index contributed by atoms with van der Waals surface area (Å²) in [5.41, 5.74) is 0. The molecular formula is C3H10BPS. The van der Waals surface area contributed by atoms with Gasteiger partial charge in [-0.15, -0.1) is 11.8 Å². The standard InChI is InChI=1S/C3H10BPS/c1-3-5(2,4)6/h3-4H2,1-2H3. The van der Waals surface area contributed by atoms with Gasteiger partial charge in [-0.25, -0.2) is 0 Å². The summed E-state index contributed by atoms with van der Waals surface area (Å²) in [4.78, 5) is 0. The van der Waals surface area contributed by atoms with E-state index in [1.807, 2.05) is 0 Å². The monoisotopic (exact) mass is 120 g/mol. The Hall–Kier alpha value is 0.715. The van der Waals surface area contributed by atoms with Crippen molar-refractivity contribution in [3.63, 3.8) is 0 Å². The summed E-state index contributed by atoms with van der Waals surface area (Å²) in [6.07, 6.45) is 1.20. The third kappa shape index (κ3) is 4.71. The van der Waals surface area contributed by atoms with Crippen LogP contribution in [-0.2, 0) is 11.8 Å². The molecule has 1 atom stereocenters. The average molecular weight is 120 g/mol. The topological polar surface area (TPSA) is 0 Å². The molecule has 0 nitrogen and oxygen atoms in total. The van der Waals surface area contributed by atoms with Crippen molar-refractivity contribution < 1.29 is 0 Å². The van der Waals surface area contributed by atoms with Crippen LogP contribution in [0.1, 0.15) is 6.92 Å². The van der Waals surface area contributed by atoms with Crippen molar-refractivity contribution in [2.24, 2.45) is 0 Å². The van der Waals surface area contributed by atoms with Crippen molar-refractivity contribution in [1.29, 1.82) is 0 Å². The molecule has 36 valence electrons. The Morgan fingerprint density at radius 1 is 1.83 bits per heavy atom. The predicted molar refractivity (Wildman–Crippen MR) is 39.3 cm³/mol. The Kier molecular flexibility index (Phi) is 2.39. The highest BCUT2D eigenvalue weighted by Gasteiger charge is 1.92. The highest BCUT2D eigenvalue weighted by Crippen LogP contribution is 2.33. The van der Waals surface area contributed by atoms with Crippen LogP contribution in [0, 0.1) is 0 Å². The lowest BCUT2D eigenvalue weighted by Gasteiger charge is -2.01. The molecule has 0 aromatic rings. The Labute approximate surface area is 45.7 Å². The molecule has 0 aromatic heterocycles. The fourth-order valence-corrected chi connectivity index (χ4v) is 0. The fourth-order valence-electron chi connectivity index (χ4n) is 0. The van der Waals surface area contributed by atoms with E-state index in [1.54, 1.807) is 0 Å². The summed E-state index contributed by atoms with van der Waals surface area (Å²) < 4.78 is 0. The van der Waals surface area contributed by atoms with Crippen LogP contribution in [0.15, 0.2) is 0 Å². The van der Waals surface area contributed by atoms with Gasteiger partial charge in [0, 0.05) is 0 Å². The van der Waals surface area contributed by atoms with Crippen LogP contribution in [0.2, 0.25) is 0 Å². The van der Waals surface area contributed by atoms with Crippen LogP contribution in [-0.4, -0.2) is 20.4 Å². The van der Waals surface area contributed by atoms with Gasteiger partial charge in [-0.1, -0.05) is 12.8 Å². The van der Waals surface area contributed by atoms with E-state index < -0.39 is 5.92 Å². The van der Waals surface area contributed by atoms with Gasteiger partial charge in [0.05, 0.1) is 0 Å². The smallest absolute Gasteiger partial charge is 0.108 e. The van der Waals surface area contributed by atoms with Crippen molar-refractivity contribution in [3.8, 4) is 0 Å². The lowest BCUT2D eigenvalue weighted by Crippen LogP contribution is -1.76. The van der Waals surface area contributed by atoms with Crippen LogP contribution >= 0.6 is 5.92 Å². The summed E-state index contributed by atoms with van der Waals surface area (Å²) in [6, 6.07) is 0. The zero-order chi connectivity index (χ0) is 5.21. The Morgan fingerprint density at radius 2 is 2.00 bits per heavy atom. The van der Waals surface area contributed by atoms with Crippen LogP contribution in [0.25, 0.3) is 0 Å². The molecule has 0 N–H and O–H groups in total. The average Bonchev–Trinajstić information content (AvgIpc) is 1.35. The first-order valence-electron chi connectivity index (χ1n) is 2.10. The predicted octanol–water partition coefficient (Wildman–Crippen LogP) is 0.664. The molecule has 3 heteroatoms. The van der Waals surface area contributed by atoms with E-state index >= 15 is 0 Å². The van der Waals surface area contributed by atoms with E-state index in [0.717, 1.165) is 0 Å². The van der Waals surface area contributed by atoms with Crippen molar-refractivity contribution in [2.75, 3.05) is 12.8 Å². The molecule has 6 heavy (non-hydrogen) atoms. The minimum atomic E-state index is -0.813. The minimum absolute atomic E-state index is 0.813. The Balaban J connectivity index is 3.48. The first kappa shape index (κ1) is 6.71. The van der Waals surface area contributed by atoms with Crippen molar-refractivity contribution >= 4 is 25.3 Å². The summed E-state index contributed by atoms with van der Waals surface area (Å²) in [6.45, 7) is 4.32. The molecule has 0 aliphatic carbocycles. The summed E-state index contributed by atoms with van der Waals surface area (Å²) >= 11 is 5.10. The van der Waals surface area contributed by atoms with Crippen LogP contribution < -0.4 is 0 Å². The fraction of sp³-hybridized carbons (Fsp3) is 1.00. The van der Waals surface area contributed by atoms with Crippen molar-refractivity contribution in [2.45, 2.75) is 6.92 Å². The molecule has 0 spiro atoms. The maximum atomic E-state index is 5.10. The van der Waals surface area contributed by atoms with Gasteiger partial charge in [-0.2, -0.15) is 0 Å². The lowest BCUT2D eigenvalue weighted by atomic mass is 10.8. The molecule has 0 heterocycles. The van der Waals surface area contributed by atoms with Gasteiger partial charge in [-0.3, -0.25) is 0 Å². The first-order valence-corrected chi connectivity index (χ1v) is 5.98. The van der Waals surface area contributed by atoms with E-state index in [-0.39, 0.29) is 0 Å². The van der Waals surface area contributed by atoms with Gasteiger partial charge >= 0.3 is 0 Å². The normalized spacial score (nSPS) is 19.7. The molecule has 0 saturated carbocycles. The van der Waals surface area contributed by atoms with Crippen LogP contribution in [0.4, 0.5) is 0 Å². The van der Waals surface area contributed by atoms with E-state index in [1.165, 1.54) is 6.16 Å². The van der Waals surface area contributed by atoms with E-state index in [9.17, 15) is 0 Å². The molecule has 0 fully saturated rings. The quantitative estimate of drug-likeness (QED) is 0.362. The van der Waals surface area contributed by atoms with Gasteiger partial charge in [0.15, 0.2) is 0 Å². The molecule has 0 aliphatic rings. The molecule has 0 saturated heterocycles. The van der Waals surface area contributed by atoms with E-state index in [4.69, 9.17) is 11.8 Å². The molecule has 0 amide bonds. The lowest BCUT2D eigenvalue weighted by molar-refractivity contribution is 1.51. The zero-order valence-corrected chi connectivity index (χ0v) is 6.27. The highest BCUT2D eigenvalue weighted by molar-refractivity contribution is 8.25. The molecule has 0 aromatic carbocycles. The SMILES string of the molecule is BP(C)(=S)CC. The second-order valence-corrected chi connectivity index (χ2v) is 8.64.